The van der Waals surface area contributed by atoms with Crippen LogP contribution in [0.2, 0.25) is 0 Å². The molecule has 0 bridgehead atoms. The van der Waals surface area contributed by atoms with Crippen molar-refractivity contribution in [3.8, 4) is 0 Å². The molecule has 0 spiro atoms. The first-order valence-electron chi connectivity index (χ1n) is 6.78. The Bertz CT molecular complexity index is 428. The van der Waals surface area contributed by atoms with E-state index in [-0.39, 0.29) is 18.6 Å². The number of aromatic nitrogens is 2. The van der Waals surface area contributed by atoms with E-state index in [2.05, 4.69) is 20.4 Å². The van der Waals surface area contributed by atoms with E-state index in [9.17, 15) is 4.79 Å². The van der Waals surface area contributed by atoms with Gasteiger partial charge in [0.05, 0.1) is 6.61 Å². The summed E-state index contributed by atoms with van der Waals surface area (Å²) in [7, 11) is 1.53. The van der Waals surface area contributed by atoms with Crippen molar-refractivity contribution < 1.29 is 9.53 Å². The number of rotatable bonds is 5. The van der Waals surface area contributed by atoms with Crippen LogP contribution in [0.25, 0.3) is 0 Å². The molecule has 1 aromatic rings. The maximum Gasteiger partial charge on any atom is 0.239 e. The van der Waals surface area contributed by atoms with Gasteiger partial charge in [-0.15, -0.1) is 5.10 Å². The predicted octanol–water partition coefficient (Wildman–Crippen LogP) is -0.465. The molecule has 1 fully saturated rings. The first kappa shape index (κ1) is 14.7. The summed E-state index contributed by atoms with van der Waals surface area (Å²) in [5.74, 6) is 0.672. The van der Waals surface area contributed by atoms with E-state index < -0.39 is 6.04 Å². The monoisotopic (exact) mass is 279 g/mol. The lowest BCUT2D eigenvalue weighted by molar-refractivity contribution is -0.124. The third-order valence-electron chi connectivity index (χ3n) is 3.33. The molecule has 1 aromatic heterocycles. The van der Waals surface area contributed by atoms with Crippen molar-refractivity contribution in [3.63, 3.8) is 0 Å². The Hall–Kier alpha value is -1.73. The highest BCUT2D eigenvalue weighted by Crippen LogP contribution is 2.16. The number of nitrogens with one attached hydrogen (secondary N) is 1. The Morgan fingerprint density at radius 2 is 2.55 bits per heavy atom. The molecule has 2 rings (SSSR count). The minimum Gasteiger partial charge on any atom is -0.383 e. The summed E-state index contributed by atoms with van der Waals surface area (Å²) in [4.78, 5) is 14.0. The molecule has 0 unspecified atom stereocenters. The van der Waals surface area contributed by atoms with Gasteiger partial charge in [0.15, 0.2) is 5.82 Å². The first-order valence-corrected chi connectivity index (χ1v) is 6.78. The second-order valence-corrected chi connectivity index (χ2v) is 4.94. The Kier molecular flexibility index (Phi) is 5.25. The van der Waals surface area contributed by atoms with E-state index in [0.29, 0.717) is 0 Å². The molecule has 7 heteroatoms. The summed E-state index contributed by atoms with van der Waals surface area (Å²) >= 11 is 0. The fourth-order valence-electron chi connectivity index (χ4n) is 2.33. The van der Waals surface area contributed by atoms with Gasteiger partial charge >= 0.3 is 0 Å². The largest absolute Gasteiger partial charge is 0.383 e. The molecule has 2 atom stereocenters. The quantitative estimate of drug-likeness (QED) is 0.757. The second kappa shape index (κ2) is 7.16. The number of carbonyl (C=O) groups is 1. The van der Waals surface area contributed by atoms with Gasteiger partial charge in [0.2, 0.25) is 5.91 Å². The zero-order chi connectivity index (χ0) is 14.4. The molecule has 0 radical (unpaired) electrons. The van der Waals surface area contributed by atoms with Gasteiger partial charge in [-0.3, -0.25) is 4.79 Å². The van der Waals surface area contributed by atoms with Gasteiger partial charge in [0.1, 0.15) is 6.04 Å². The van der Waals surface area contributed by atoms with Crippen LogP contribution in [-0.4, -0.2) is 55.0 Å². The normalized spacial score (nSPS) is 20.5. The third-order valence-corrected chi connectivity index (χ3v) is 3.33. The lowest BCUT2D eigenvalue weighted by atomic mass is 10.1. The standard InChI is InChI=1S/C13H21N5O2/c1-20-9-11(14)13(19)16-10-4-3-7-18(8-10)12-5-2-6-15-17-12/h2,5-6,10-11H,3-4,7-9,14H2,1H3,(H,16,19)/t10-,11+/m1/s1. The van der Waals surface area contributed by atoms with Gasteiger partial charge in [-0.1, -0.05) is 0 Å². The molecule has 1 amide bonds. The SMILES string of the molecule is COC[C@H](N)C(=O)N[C@@H]1CCCN(c2cccnn2)C1. The van der Waals surface area contributed by atoms with Gasteiger partial charge in [-0.25, -0.2) is 0 Å². The van der Waals surface area contributed by atoms with Crippen LogP contribution in [0, 0.1) is 0 Å². The Labute approximate surface area is 118 Å². The molecule has 1 saturated heterocycles. The van der Waals surface area contributed by atoms with Crippen molar-refractivity contribution in [2.24, 2.45) is 5.73 Å². The number of hydrogen-bond donors (Lipinski definition) is 2. The summed E-state index contributed by atoms with van der Waals surface area (Å²) < 4.78 is 4.89. The Morgan fingerprint density at radius 3 is 3.25 bits per heavy atom. The van der Waals surface area contributed by atoms with Crippen molar-refractivity contribution in [2.75, 3.05) is 31.7 Å². The molecule has 1 aliphatic rings. The van der Waals surface area contributed by atoms with Crippen LogP contribution in [0.15, 0.2) is 18.3 Å². The molecule has 2 heterocycles. The number of anilines is 1. The Morgan fingerprint density at radius 1 is 1.70 bits per heavy atom. The maximum atomic E-state index is 11.9. The van der Waals surface area contributed by atoms with E-state index in [4.69, 9.17) is 10.5 Å². The zero-order valence-electron chi connectivity index (χ0n) is 11.7. The smallest absolute Gasteiger partial charge is 0.239 e. The van der Waals surface area contributed by atoms with Crippen LogP contribution in [0.4, 0.5) is 5.82 Å². The second-order valence-electron chi connectivity index (χ2n) is 4.94. The minimum atomic E-state index is -0.619. The number of hydrogen-bond acceptors (Lipinski definition) is 6. The van der Waals surface area contributed by atoms with E-state index in [1.54, 1.807) is 6.20 Å². The molecule has 110 valence electrons. The third kappa shape index (κ3) is 3.88. The van der Waals surface area contributed by atoms with E-state index in [0.717, 1.165) is 31.7 Å². The number of piperidine rings is 1. The predicted molar refractivity (Wildman–Crippen MR) is 75.3 cm³/mol. The van der Waals surface area contributed by atoms with E-state index >= 15 is 0 Å². The maximum absolute atomic E-state index is 11.9. The molecule has 7 nitrogen and oxygen atoms in total. The summed E-state index contributed by atoms with van der Waals surface area (Å²) in [5, 5.41) is 11.0. The highest BCUT2D eigenvalue weighted by molar-refractivity contribution is 5.82. The Balaban J connectivity index is 1.89. The first-order chi connectivity index (χ1) is 9.70. The van der Waals surface area contributed by atoms with Crippen molar-refractivity contribution in [1.82, 2.24) is 15.5 Å². The fraction of sp³-hybridized carbons (Fsp3) is 0.615. The summed E-state index contributed by atoms with van der Waals surface area (Å²) in [6.07, 6.45) is 3.60. The van der Waals surface area contributed by atoms with Crippen molar-refractivity contribution in [2.45, 2.75) is 24.9 Å². The lowest BCUT2D eigenvalue weighted by Gasteiger charge is -2.34. The van der Waals surface area contributed by atoms with Gasteiger partial charge in [-0.05, 0) is 25.0 Å². The molecule has 1 aliphatic heterocycles. The van der Waals surface area contributed by atoms with Gasteiger partial charge in [0.25, 0.3) is 0 Å². The van der Waals surface area contributed by atoms with E-state index in [1.165, 1.54) is 7.11 Å². The van der Waals surface area contributed by atoms with Crippen LogP contribution in [0.1, 0.15) is 12.8 Å². The molecule has 3 N–H and O–H groups in total. The van der Waals surface area contributed by atoms with Crippen LogP contribution in [0.3, 0.4) is 0 Å². The molecule has 20 heavy (non-hydrogen) atoms. The van der Waals surface area contributed by atoms with E-state index in [1.807, 2.05) is 12.1 Å². The average Bonchev–Trinajstić information content (AvgIpc) is 2.48. The molecule has 0 aromatic carbocycles. The van der Waals surface area contributed by atoms with Crippen LogP contribution >= 0.6 is 0 Å². The highest BCUT2D eigenvalue weighted by atomic mass is 16.5. The average molecular weight is 279 g/mol. The fourth-order valence-corrected chi connectivity index (χ4v) is 2.33. The lowest BCUT2D eigenvalue weighted by Crippen LogP contribution is -2.53. The van der Waals surface area contributed by atoms with Crippen LogP contribution in [0.5, 0.6) is 0 Å². The van der Waals surface area contributed by atoms with Crippen LogP contribution in [-0.2, 0) is 9.53 Å². The van der Waals surface area contributed by atoms with Gasteiger partial charge in [-0.2, -0.15) is 5.10 Å². The summed E-state index contributed by atoms with van der Waals surface area (Å²) in [5.41, 5.74) is 5.72. The van der Waals surface area contributed by atoms with Gasteiger partial charge in [0, 0.05) is 32.4 Å². The van der Waals surface area contributed by atoms with Crippen molar-refractivity contribution >= 4 is 11.7 Å². The van der Waals surface area contributed by atoms with Crippen LogP contribution < -0.4 is 16.0 Å². The van der Waals surface area contributed by atoms with Crippen molar-refractivity contribution in [3.05, 3.63) is 18.3 Å². The molecule has 0 aliphatic carbocycles. The number of nitrogens with zero attached hydrogens (tertiary/aromatic N) is 3. The highest BCUT2D eigenvalue weighted by Gasteiger charge is 2.24. The molecular weight excluding hydrogens is 258 g/mol. The van der Waals surface area contributed by atoms with Gasteiger partial charge < -0.3 is 20.7 Å². The minimum absolute atomic E-state index is 0.0844. The zero-order valence-corrected chi connectivity index (χ0v) is 11.7. The topological polar surface area (TPSA) is 93.4 Å². The summed E-state index contributed by atoms with van der Waals surface area (Å²) in [6, 6.07) is 3.25. The number of nitrogens with two attached hydrogens (primary N) is 1. The number of carbonyl (C=O) groups excluding carboxylic acids is 1. The van der Waals surface area contributed by atoms with Crippen molar-refractivity contribution in [1.29, 1.82) is 0 Å². The number of methoxy groups -OCH3 is 1. The molecule has 0 saturated carbocycles. The molecular formula is C13H21N5O2. The number of ether oxygens (including phenoxy) is 1. The number of amides is 1. The summed E-state index contributed by atoms with van der Waals surface area (Å²) in [6.45, 7) is 1.88.